The Balaban J connectivity index is 1.49. The number of ketones is 1. The molecule has 0 unspecified atom stereocenters. The molecule has 7 heteroatoms. The van der Waals surface area contributed by atoms with E-state index in [1.54, 1.807) is 25.1 Å². The minimum atomic E-state index is -1.21. The molecule has 0 aliphatic carbocycles. The average molecular weight is 462 g/mol. The van der Waals surface area contributed by atoms with E-state index in [9.17, 15) is 18.8 Å². The fourth-order valence-corrected chi connectivity index (χ4v) is 4.47. The number of aromatic nitrogens is 1. The predicted molar refractivity (Wildman–Crippen MR) is 127 cm³/mol. The Morgan fingerprint density at radius 3 is 2.29 bits per heavy atom. The second-order valence-electron chi connectivity index (χ2n) is 9.05. The third kappa shape index (κ3) is 4.25. The molecule has 0 saturated carbocycles. The fraction of sp³-hybridized carbons (Fsp3) is 0.296. The van der Waals surface area contributed by atoms with Gasteiger partial charge in [0, 0.05) is 23.5 Å². The van der Waals surface area contributed by atoms with Gasteiger partial charge in [0.1, 0.15) is 11.4 Å². The van der Waals surface area contributed by atoms with Crippen molar-refractivity contribution in [1.82, 2.24) is 14.8 Å². The first-order valence-corrected chi connectivity index (χ1v) is 11.3. The molecule has 0 radical (unpaired) electrons. The predicted octanol–water partition coefficient (Wildman–Crippen LogP) is 4.45. The summed E-state index contributed by atoms with van der Waals surface area (Å²) in [5.41, 5.74) is 3.67. The molecule has 6 nitrogen and oxygen atoms in total. The number of aryl methyl sites for hydroxylation is 3. The molecule has 1 atom stereocenters. The SMILES string of the molecule is Cc1ccc([C@@]2(C)NC(=O)N(CC(=O)c3cc(C)n(CCc4ccc(F)cc4)c3C)C2=O)cc1. The van der Waals surface area contributed by atoms with Crippen LogP contribution in [0.4, 0.5) is 9.18 Å². The molecule has 4 rings (SSSR count). The zero-order valence-electron chi connectivity index (χ0n) is 19.8. The first-order valence-electron chi connectivity index (χ1n) is 11.3. The lowest BCUT2D eigenvalue weighted by Crippen LogP contribution is -2.41. The van der Waals surface area contributed by atoms with Crippen LogP contribution in [0.2, 0.25) is 0 Å². The molecule has 176 valence electrons. The first-order chi connectivity index (χ1) is 16.1. The largest absolute Gasteiger partial charge is 0.348 e. The van der Waals surface area contributed by atoms with Crippen LogP contribution in [0.15, 0.2) is 54.6 Å². The summed E-state index contributed by atoms with van der Waals surface area (Å²) in [5, 5.41) is 2.75. The number of hydrogen-bond acceptors (Lipinski definition) is 3. The lowest BCUT2D eigenvalue weighted by atomic mass is 9.91. The third-order valence-electron chi connectivity index (χ3n) is 6.62. The Kier molecular flexibility index (Phi) is 6.13. The summed E-state index contributed by atoms with van der Waals surface area (Å²) in [6.07, 6.45) is 0.687. The number of urea groups is 1. The molecule has 0 spiro atoms. The maximum atomic E-state index is 13.2. The second-order valence-corrected chi connectivity index (χ2v) is 9.05. The first kappa shape index (κ1) is 23.4. The smallest absolute Gasteiger partial charge is 0.325 e. The van der Waals surface area contributed by atoms with Crippen LogP contribution in [0.25, 0.3) is 0 Å². The van der Waals surface area contributed by atoms with Crippen LogP contribution in [-0.4, -0.2) is 33.7 Å². The van der Waals surface area contributed by atoms with E-state index in [2.05, 4.69) is 5.32 Å². The van der Waals surface area contributed by atoms with Gasteiger partial charge in [-0.25, -0.2) is 9.18 Å². The Morgan fingerprint density at radius 2 is 1.65 bits per heavy atom. The summed E-state index contributed by atoms with van der Waals surface area (Å²) in [6.45, 7) is 7.68. The summed E-state index contributed by atoms with van der Waals surface area (Å²) in [4.78, 5) is 40.0. The minimum absolute atomic E-state index is 0.274. The van der Waals surface area contributed by atoms with E-state index in [-0.39, 0.29) is 18.1 Å². The van der Waals surface area contributed by atoms with Crippen LogP contribution >= 0.6 is 0 Å². The quantitative estimate of drug-likeness (QED) is 0.418. The minimum Gasteiger partial charge on any atom is -0.348 e. The summed E-state index contributed by atoms with van der Waals surface area (Å²) in [7, 11) is 0. The van der Waals surface area contributed by atoms with Crippen molar-refractivity contribution in [3.8, 4) is 0 Å². The van der Waals surface area contributed by atoms with Gasteiger partial charge in [0.25, 0.3) is 5.91 Å². The van der Waals surface area contributed by atoms with Crippen molar-refractivity contribution >= 4 is 17.7 Å². The van der Waals surface area contributed by atoms with Gasteiger partial charge in [0.05, 0.1) is 6.54 Å². The highest BCUT2D eigenvalue weighted by Crippen LogP contribution is 2.29. The third-order valence-corrected chi connectivity index (χ3v) is 6.62. The number of nitrogens with zero attached hydrogens (tertiary/aromatic N) is 2. The molecule has 1 saturated heterocycles. The van der Waals surface area contributed by atoms with E-state index in [1.807, 2.05) is 49.6 Å². The van der Waals surface area contributed by atoms with E-state index in [0.717, 1.165) is 27.4 Å². The van der Waals surface area contributed by atoms with E-state index in [4.69, 9.17) is 0 Å². The van der Waals surface area contributed by atoms with Gasteiger partial charge < -0.3 is 9.88 Å². The van der Waals surface area contributed by atoms with E-state index in [0.29, 0.717) is 24.1 Å². The van der Waals surface area contributed by atoms with Gasteiger partial charge in [-0.05, 0) is 63.4 Å². The van der Waals surface area contributed by atoms with Gasteiger partial charge in [0.15, 0.2) is 5.78 Å². The number of amides is 3. The maximum Gasteiger partial charge on any atom is 0.325 e. The molecular formula is C27H28FN3O3. The highest BCUT2D eigenvalue weighted by atomic mass is 19.1. The fourth-order valence-electron chi connectivity index (χ4n) is 4.47. The summed E-state index contributed by atoms with van der Waals surface area (Å²) in [6, 6.07) is 15.0. The molecule has 0 bridgehead atoms. The van der Waals surface area contributed by atoms with Crippen molar-refractivity contribution in [2.75, 3.05) is 6.54 Å². The molecule has 2 aromatic carbocycles. The number of Topliss-reactive ketones (excluding diaryl/α,β-unsaturated/α-hetero) is 1. The van der Waals surface area contributed by atoms with Crippen LogP contribution in [0.1, 0.15) is 45.4 Å². The molecule has 2 heterocycles. The van der Waals surface area contributed by atoms with E-state index in [1.165, 1.54) is 12.1 Å². The summed E-state index contributed by atoms with van der Waals surface area (Å²) in [5.74, 6) is -1.01. The Hall–Kier alpha value is -3.74. The van der Waals surface area contributed by atoms with Gasteiger partial charge in [0.2, 0.25) is 0 Å². The molecule has 34 heavy (non-hydrogen) atoms. The van der Waals surface area contributed by atoms with Crippen molar-refractivity contribution in [2.45, 2.75) is 46.2 Å². The molecule has 3 amide bonds. The van der Waals surface area contributed by atoms with Crippen LogP contribution in [0, 0.1) is 26.6 Å². The summed E-state index contributed by atoms with van der Waals surface area (Å²) >= 11 is 0. The number of carbonyl (C=O) groups is 3. The molecule has 1 aliphatic rings. The number of benzene rings is 2. The topological polar surface area (TPSA) is 71.4 Å². The lowest BCUT2D eigenvalue weighted by Gasteiger charge is -2.22. The molecule has 3 aromatic rings. The average Bonchev–Trinajstić information content (AvgIpc) is 3.21. The monoisotopic (exact) mass is 461 g/mol. The van der Waals surface area contributed by atoms with Crippen molar-refractivity contribution in [2.24, 2.45) is 0 Å². The number of carbonyl (C=O) groups excluding carboxylic acids is 3. The highest BCUT2D eigenvalue weighted by Gasteiger charge is 2.49. The Labute approximate surface area is 198 Å². The van der Waals surface area contributed by atoms with E-state index >= 15 is 0 Å². The molecular weight excluding hydrogens is 433 g/mol. The van der Waals surface area contributed by atoms with Gasteiger partial charge in [-0.2, -0.15) is 0 Å². The number of nitrogens with one attached hydrogen (secondary N) is 1. The second kappa shape index (κ2) is 8.89. The van der Waals surface area contributed by atoms with Crippen LogP contribution < -0.4 is 5.32 Å². The zero-order chi connectivity index (χ0) is 24.6. The number of imide groups is 1. The Bertz CT molecular complexity index is 1260. The van der Waals surface area contributed by atoms with Crippen molar-refractivity contribution in [3.05, 3.63) is 94.1 Å². The van der Waals surface area contributed by atoms with Gasteiger partial charge in [-0.15, -0.1) is 0 Å². The number of hydrogen-bond donors (Lipinski definition) is 1. The highest BCUT2D eigenvalue weighted by molar-refractivity contribution is 6.11. The van der Waals surface area contributed by atoms with Crippen LogP contribution in [0.5, 0.6) is 0 Å². The van der Waals surface area contributed by atoms with Crippen molar-refractivity contribution in [1.29, 1.82) is 0 Å². The normalized spacial score (nSPS) is 17.9. The maximum absolute atomic E-state index is 13.2. The van der Waals surface area contributed by atoms with Gasteiger partial charge >= 0.3 is 6.03 Å². The number of halogens is 1. The summed E-state index contributed by atoms with van der Waals surface area (Å²) < 4.78 is 15.2. The molecule has 1 N–H and O–H groups in total. The van der Waals surface area contributed by atoms with Crippen LogP contribution in [0.3, 0.4) is 0 Å². The van der Waals surface area contributed by atoms with Gasteiger partial charge in [-0.1, -0.05) is 42.0 Å². The standard InChI is InChI=1S/C27H28FN3O3/c1-17-5-9-21(10-6-17)27(4)25(33)31(26(34)29-27)16-24(32)23-15-18(2)30(19(23)3)14-13-20-7-11-22(28)12-8-20/h5-12,15H,13-14,16H2,1-4H3,(H,29,34)/t27-/m1/s1. The zero-order valence-corrected chi connectivity index (χ0v) is 19.8. The van der Waals surface area contributed by atoms with Crippen LogP contribution in [-0.2, 0) is 23.3 Å². The molecule has 1 aliphatic heterocycles. The van der Waals surface area contributed by atoms with Gasteiger partial charge in [-0.3, -0.25) is 14.5 Å². The van der Waals surface area contributed by atoms with E-state index < -0.39 is 17.5 Å². The molecule has 1 fully saturated rings. The Morgan fingerprint density at radius 1 is 1.00 bits per heavy atom. The lowest BCUT2D eigenvalue weighted by molar-refractivity contribution is -0.130. The molecule has 1 aromatic heterocycles. The van der Waals surface area contributed by atoms with Crippen molar-refractivity contribution in [3.63, 3.8) is 0 Å². The number of rotatable bonds is 7. The van der Waals surface area contributed by atoms with Crippen molar-refractivity contribution < 1.29 is 18.8 Å².